The molecule has 0 spiro atoms. The van der Waals surface area contributed by atoms with Gasteiger partial charge in [-0.15, -0.1) is 0 Å². The Labute approximate surface area is 244 Å². The van der Waals surface area contributed by atoms with Gasteiger partial charge in [0.25, 0.3) is 5.91 Å². The number of benzene rings is 2. The first-order valence-corrected chi connectivity index (χ1v) is 15.5. The van der Waals surface area contributed by atoms with Crippen LogP contribution in [0, 0.1) is 11.8 Å². The second kappa shape index (κ2) is 13.2. The third-order valence-electron chi connectivity index (χ3n) is 7.16. The molecule has 0 aliphatic carbocycles. The second-order valence-electron chi connectivity index (χ2n) is 10.9. The van der Waals surface area contributed by atoms with Crippen LogP contribution in [0.2, 0.25) is 0 Å². The minimum Gasteiger partial charge on any atom is -0.496 e. The first-order chi connectivity index (χ1) is 20.0. The van der Waals surface area contributed by atoms with Gasteiger partial charge in [-0.2, -0.15) is 0 Å². The zero-order valence-electron chi connectivity index (χ0n) is 23.9. The maximum atomic E-state index is 13.6. The van der Waals surface area contributed by atoms with Crippen molar-refractivity contribution in [2.75, 3.05) is 26.7 Å². The highest BCUT2D eigenvalue weighted by Gasteiger charge is 2.36. The highest BCUT2D eigenvalue weighted by atomic mass is 32.2. The van der Waals surface area contributed by atoms with Gasteiger partial charge in [0, 0.05) is 24.0 Å². The largest absolute Gasteiger partial charge is 0.496 e. The number of ketones is 1. The molecule has 0 saturated carbocycles. The molecule has 11 nitrogen and oxygen atoms in total. The van der Waals surface area contributed by atoms with E-state index in [9.17, 15) is 27.6 Å². The minimum absolute atomic E-state index is 0.00590. The fourth-order valence-corrected chi connectivity index (χ4v) is 6.33. The molecule has 2 heterocycles. The number of carbonyl (C=O) groups excluding carboxylic acids is 4. The van der Waals surface area contributed by atoms with Crippen LogP contribution in [0.3, 0.4) is 0 Å². The zero-order valence-corrected chi connectivity index (χ0v) is 24.7. The molecule has 2 atom stereocenters. The summed E-state index contributed by atoms with van der Waals surface area (Å²) in [5.41, 5.74) is 1.33. The summed E-state index contributed by atoms with van der Waals surface area (Å²) in [5.74, 6) is -1.97. The van der Waals surface area contributed by atoms with Gasteiger partial charge in [0.15, 0.2) is 5.78 Å². The van der Waals surface area contributed by atoms with E-state index in [0.29, 0.717) is 35.2 Å². The number of nitrogens with zero attached hydrogens (tertiary/aromatic N) is 1. The summed E-state index contributed by atoms with van der Waals surface area (Å²) in [6.45, 7) is 3.37. The molecular formula is C30H36N4O7S. The number of hydrogen-bond donors (Lipinski definition) is 3. The Bertz CT molecular complexity index is 1570. The lowest BCUT2D eigenvalue weighted by atomic mass is 9.99. The number of aromatic amines is 1. The number of ether oxygens (including phenoxy) is 1. The fourth-order valence-electron chi connectivity index (χ4n) is 5.05. The number of fused-ring (bicyclic) bond motifs is 1. The zero-order chi connectivity index (χ0) is 30.4. The van der Waals surface area contributed by atoms with Crippen molar-refractivity contribution >= 4 is 43.6 Å². The van der Waals surface area contributed by atoms with Gasteiger partial charge in [0.2, 0.25) is 15.7 Å². The van der Waals surface area contributed by atoms with E-state index in [-0.39, 0.29) is 30.5 Å². The molecule has 1 aliphatic rings. The molecule has 0 unspecified atom stereocenters. The van der Waals surface area contributed by atoms with Crippen LogP contribution in [-0.4, -0.2) is 73.9 Å². The normalized spacial score (nSPS) is 15.8. The number of H-pyrrole nitrogens is 1. The standard InChI is InChI=1S/C30H36N4O7S/c1-19(2)14-24(33-29(37)25-15-22-23(32-25)10-7-11-27(22)41-3)26(35)17-34(16-21-12-13-31-28(21)36)30(38)42(39,40)18-20-8-5-4-6-9-20/h4-11,15,19,21,24,32H,12-14,16-18H2,1-3H3,(H,31,36)(H,33,37)/t21-,24-/m0/s1. The van der Waals surface area contributed by atoms with Crippen molar-refractivity contribution in [2.24, 2.45) is 11.8 Å². The molecule has 4 rings (SSSR count). The second-order valence-corrected chi connectivity index (χ2v) is 12.8. The molecule has 224 valence electrons. The van der Waals surface area contributed by atoms with Crippen molar-refractivity contribution in [1.29, 1.82) is 0 Å². The Morgan fingerprint density at radius 2 is 1.83 bits per heavy atom. The molecule has 3 N–H and O–H groups in total. The van der Waals surface area contributed by atoms with Crippen molar-refractivity contribution in [3.8, 4) is 5.75 Å². The average Bonchev–Trinajstić information content (AvgIpc) is 3.57. The summed E-state index contributed by atoms with van der Waals surface area (Å²) < 4.78 is 31.6. The van der Waals surface area contributed by atoms with E-state index in [4.69, 9.17) is 4.74 Å². The van der Waals surface area contributed by atoms with Crippen LogP contribution in [0.5, 0.6) is 5.75 Å². The van der Waals surface area contributed by atoms with Crippen LogP contribution in [-0.2, 0) is 25.2 Å². The molecule has 2 aromatic carbocycles. The van der Waals surface area contributed by atoms with E-state index < -0.39 is 51.0 Å². The van der Waals surface area contributed by atoms with Crippen molar-refractivity contribution in [2.45, 2.75) is 38.5 Å². The summed E-state index contributed by atoms with van der Waals surface area (Å²) in [7, 11) is -2.83. The number of carbonyl (C=O) groups is 4. The summed E-state index contributed by atoms with van der Waals surface area (Å²) in [6.07, 6.45) is 0.669. The molecule has 1 saturated heterocycles. The van der Waals surface area contributed by atoms with E-state index >= 15 is 0 Å². The van der Waals surface area contributed by atoms with E-state index in [1.54, 1.807) is 54.6 Å². The van der Waals surface area contributed by atoms with Crippen LogP contribution >= 0.6 is 0 Å². The molecule has 42 heavy (non-hydrogen) atoms. The average molecular weight is 597 g/mol. The summed E-state index contributed by atoms with van der Waals surface area (Å²) >= 11 is 0. The highest BCUT2D eigenvalue weighted by Crippen LogP contribution is 2.26. The number of Topliss-reactive ketones (excluding diaryl/α,β-unsaturated/α-hetero) is 1. The quantitative estimate of drug-likeness (QED) is 0.290. The Balaban J connectivity index is 1.56. The number of sulfone groups is 1. The van der Waals surface area contributed by atoms with Gasteiger partial charge < -0.3 is 25.3 Å². The molecule has 1 aromatic heterocycles. The lowest BCUT2D eigenvalue weighted by Gasteiger charge is -2.27. The lowest BCUT2D eigenvalue weighted by molar-refractivity contribution is -0.124. The van der Waals surface area contributed by atoms with Crippen LogP contribution in [0.25, 0.3) is 10.9 Å². The monoisotopic (exact) mass is 596 g/mol. The third kappa shape index (κ3) is 7.35. The number of aromatic nitrogens is 1. The molecule has 3 aromatic rings. The molecule has 1 fully saturated rings. The molecular weight excluding hydrogens is 560 g/mol. The molecule has 12 heteroatoms. The van der Waals surface area contributed by atoms with Crippen LogP contribution in [0.15, 0.2) is 54.6 Å². The van der Waals surface area contributed by atoms with E-state index in [1.165, 1.54) is 7.11 Å². The number of rotatable bonds is 12. The topological polar surface area (TPSA) is 155 Å². The number of amides is 3. The SMILES string of the molecule is COc1cccc2[nH]c(C(=O)N[C@@H](CC(C)C)C(=O)CN(C[C@@H]3CCNC3=O)C(=O)S(=O)(=O)Cc3ccccc3)cc12. The van der Waals surface area contributed by atoms with E-state index in [2.05, 4.69) is 15.6 Å². The van der Waals surface area contributed by atoms with Crippen molar-refractivity contribution in [3.63, 3.8) is 0 Å². The molecule has 0 radical (unpaired) electrons. The van der Waals surface area contributed by atoms with Crippen molar-refractivity contribution in [3.05, 3.63) is 65.9 Å². The number of nitrogens with one attached hydrogen (secondary N) is 3. The Kier molecular flexibility index (Phi) is 9.66. The van der Waals surface area contributed by atoms with Gasteiger partial charge in [0.1, 0.15) is 11.4 Å². The Morgan fingerprint density at radius 3 is 2.48 bits per heavy atom. The summed E-state index contributed by atoms with van der Waals surface area (Å²) in [4.78, 5) is 56.6. The van der Waals surface area contributed by atoms with Crippen molar-refractivity contribution < 1.29 is 32.3 Å². The van der Waals surface area contributed by atoms with Crippen LogP contribution < -0.4 is 15.4 Å². The van der Waals surface area contributed by atoms with Gasteiger partial charge in [-0.3, -0.25) is 19.2 Å². The van der Waals surface area contributed by atoms with E-state index in [1.807, 2.05) is 13.8 Å². The maximum Gasteiger partial charge on any atom is 0.339 e. The van der Waals surface area contributed by atoms with Crippen molar-refractivity contribution in [1.82, 2.24) is 20.5 Å². The Hall–Kier alpha value is -4.19. The van der Waals surface area contributed by atoms with Gasteiger partial charge in [-0.05, 0) is 42.5 Å². The van der Waals surface area contributed by atoms with Crippen LogP contribution in [0.1, 0.15) is 42.7 Å². The van der Waals surface area contributed by atoms with Gasteiger partial charge in [-0.1, -0.05) is 50.2 Å². The predicted octanol–water partition coefficient (Wildman–Crippen LogP) is 3.06. The predicted molar refractivity (Wildman–Crippen MR) is 158 cm³/mol. The maximum absolute atomic E-state index is 13.6. The smallest absolute Gasteiger partial charge is 0.339 e. The third-order valence-corrected chi connectivity index (χ3v) is 8.67. The number of hydrogen-bond acceptors (Lipinski definition) is 7. The summed E-state index contributed by atoms with van der Waals surface area (Å²) in [6, 6.07) is 14.2. The molecule has 3 amide bonds. The van der Waals surface area contributed by atoms with Gasteiger partial charge in [0.05, 0.1) is 31.4 Å². The molecule has 1 aliphatic heterocycles. The van der Waals surface area contributed by atoms with Gasteiger partial charge in [-0.25, -0.2) is 8.42 Å². The first-order valence-electron chi connectivity index (χ1n) is 13.8. The molecule has 0 bridgehead atoms. The lowest BCUT2D eigenvalue weighted by Crippen LogP contribution is -2.49. The number of methoxy groups -OCH3 is 1. The van der Waals surface area contributed by atoms with E-state index in [0.717, 1.165) is 4.90 Å². The first kappa shape index (κ1) is 30.8. The summed E-state index contributed by atoms with van der Waals surface area (Å²) in [5, 5.41) is 4.91. The Morgan fingerprint density at radius 1 is 1.10 bits per heavy atom. The van der Waals surface area contributed by atoms with Crippen LogP contribution in [0.4, 0.5) is 4.79 Å². The van der Waals surface area contributed by atoms with Gasteiger partial charge >= 0.3 is 5.24 Å². The highest BCUT2D eigenvalue weighted by molar-refractivity contribution is 8.05. The minimum atomic E-state index is -4.35. The fraction of sp³-hybridized carbons (Fsp3) is 0.400.